The quantitative estimate of drug-likeness (QED) is 0.676. The van der Waals surface area contributed by atoms with Gasteiger partial charge in [-0.05, 0) is 24.0 Å². The van der Waals surface area contributed by atoms with Crippen LogP contribution < -0.4 is 5.32 Å². The molecule has 6 nitrogen and oxygen atoms in total. The topological polar surface area (TPSA) is 69.7 Å². The van der Waals surface area contributed by atoms with Gasteiger partial charge in [0.2, 0.25) is 17.7 Å². The van der Waals surface area contributed by atoms with Gasteiger partial charge >= 0.3 is 0 Å². The van der Waals surface area contributed by atoms with Crippen LogP contribution in [-0.4, -0.2) is 60.2 Å². The van der Waals surface area contributed by atoms with Gasteiger partial charge in [0.25, 0.3) is 0 Å². The van der Waals surface area contributed by atoms with Crippen molar-refractivity contribution in [2.24, 2.45) is 0 Å². The van der Waals surface area contributed by atoms with Crippen molar-refractivity contribution in [3.8, 4) is 0 Å². The maximum atomic E-state index is 12.4. The summed E-state index contributed by atoms with van der Waals surface area (Å²) in [4.78, 5) is 40.5. The monoisotopic (exact) mass is 421 g/mol. The molecule has 3 rings (SSSR count). The number of nitrogens with one attached hydrogen (secondary N) is 1. The number of piperazine rings is 1. The lowest BCUT2D eigenvalue weighted by atomic mass is 10.1. The zero-order chi connectivity index (χ0) is 21.9. The number of benzene rings is 2. The second-order valence-corrected chi connectivity index (χ2v) is 7.86. The number of rotatable bonds is 9. The minimum atomic E-state index is -0.0788. The number of carbonyl (C=O) groups excluding carboxylic acids is 3. The fraction of sp³-hybridized carbons (Fsp3) is 0.400. The Balaban J connectivity index is 1.29. The molecule has 0 aromatic heterocycles. The fourth-order valence-electron chi connectivity index (χ4n) is 3.76. The first-order valence-corrected chi connectivity index (χ1v) is 11.0. The average molecular weight is 422 g/mol. The second kappa shape index (κ2) is 11.9. The lowest BCUT2D eigenvalue weighted by Gasteiger charge is -2.35. The molecule has 0 aliphatic carbocycles. The minimum Gasteiger partial charge on any atom is -0.355 e. The number of hydrogen-bond acceptors (Lipinski definition) is 3. The number of hydrogen-bond donors (Lipinski definition) is 1. The highest BCUT2D eigenvalue weighted by molar-refractivity contribution is 5.81. The minimum absolute atomic E-state index is 0.0242. The van der Waals surface area contributed by atoms with E-state index in [-0.39, 0.29) is 24.1 Å². The van der Waals surface area contributed by atoms with Crippen molar-refractivity contribution in [2.75, 3.05) is 32.7 Å². The Labute approximate surface area is 184 Å². The Morgan fingerprint density at radius 3 is 1.81 bits per heavy atom. The predicted molar refractivity (Wildman–Crippen MR) is 120 cm³/mol. The van der Waals surface area contributed by atoms with Crippen LogP contribution in [-0.2, 0) is 27.2 Å². The van der Waals surface area contributed by atoms with Gasteiger partial charge in [0.1, 0.15) is 0 Å². The molecule has 1 fully saturated rings. The molecular formula is C25H31N3O3. The standard InChI is InChI=1S/C25H31N3O3/c29-23(20-22-10-5-2-6-11-22)26-15-14-25(31)28-18-16-27(17-19-28)24(30)13-7-12-21-8-3-1-4-9-21/h1-6,8-11H,7,12-20H2,(H,26,29). The summed E-state index contributed by atoms with van der Waals surface area (Å²) >= 11 is 0. The van der Waals surface area contributed by atoms with E-state index in [2.05, 4.69) is 17.4 Å². The third-order valence-corrected chi connectivity index (χ3v) is 5.55. The van der Waals surface area contributed by atoms with Crippen molar-refractivity contribution in [3.63, 3.8) is 0 Å². The lowest BCUT2D eigenvalue weighted by molar-refractivity contribution is -0.139. The van der Waals surface area contributed by atoms with E-state index in [4.69, 9.17) is 0 Å². The van der Waals surface area contributed by atoms with Crippen LogP contribution >= 0.6 is 0 Å². The normalized spacial score (nSPS) is 13.7. The third kappa shape index (κ3) is 7.55. The molecule has 0 spiro atoms. The number of aryl methyl sites for hydroxylation is 1. The molecule has 0 saturated carbocycles. The molecule has 3 amide bonds. The van der Waals surface area contributed by atoms with Crippen LogP contribution in [0.4, 0.5) is 0 Å². The van der Waals surface area contributed by atoms with E-state index in [9.17, 15) is 14.4 Å². The molecule has 1 N–H and O–H groups in total. The lowest BCUT2D eigenvalue weighted by Crippen LogP contribution is -2.51. The fourth-order valence-corrected chi connectivity index (χ4v) is 3.76. The largest absolute Gasteiger partial charge is 0.355 e. The Morgan fingerprint density at radius 2 is 1.23 bits per heavy atom. The Kier molecular flexibility index (Phi) is 8.64. The Bertz CT molecular complexity index is 847. The van der Waals surface area contributed by atoms with E-state index < -0.39 is 0 Å². The van der Waals surface area contributed by atoms with Crippen molar-refractivity contribution in [3.05, 3.63) is 71.8 Å². The molecule has 1 saturated heterocycles. The van der Waals surface area contributed by atoms with Crippen molar-refractivity contribution >= 4 is 17.7 Å². The summed E-state index contributed by atoms with van der Waals surface area (Å²) in [5, 5.41) is 2.81. The molecule has 2 aromatic carbocycles. The van der Waals surface area contributed by atoms with E-state index in [1.165, 1.54) is 5.56 Å². The van der Waals surface area contributed by atoms with Gasteiger partial charge in [0, 0.05) is 45.6 Å². The van der Waals surface area contributed by atoms with Crippen molar-refractivity contribution in [1.82, 2.24) is 15.1 Å². The summed E-state index contributed by atoms with van der Waals surface area (Å²) in [7, 11) is 0. The highest BCUT2D eigenvalue weighted by Crippen LogP contribution is 2.09. The molecule has 164 valence electrons. The molecule has 0 bridgehead atoms. The van der Waals surface area contributed by atoms with E-state index in [1.54, 1.807) is 4.90 Å². The molecular weight excluding hydrogens is 390 g/mol. The summed E-state index contributed by atoms with van der Waals surface area (Å²) in [6, 6.07) is 19.7. The molecule has 6 heteroatoms. The predicted octanol–water partition coefficient (Wildman–Crippen LogP) is 2.43. The third-order valence-electron chi connectivity index (χ3n) is 5.55. The van der Waals surface area contributed by atoms with Gasteiger partial charge in [-0.25, -0.2) is 0 Å². The molecule has 1 heterocycles. The zero-order valence-electron chi connectivity index (χ0n) is 18.0. The van der Waals surface area contributed by atoms with E-state index in [0.717, 1.165) is 18.4 Å². The SMILES string of the molecule is O=C(Cc1ccccc1)NCCC(=O)N1CCN(C(=O)CCCc2ccccc2)CC1. The van der Waals surface area contributed by atoms with Crippen LogP contribution in [0.5, 0.6) is 0 Å². The van der Waals surface area contributed by atoms with E-state index >= 15 is 0 Å². The summed E-state index contributed by atoms with van der Waals surface area (Å²) in [6.07, 6.45) is 2.88. The van der Waals surface area contributed by atoms with Gasteiger partial charge in [-0.15, -0.1) is 0 Å². The molecule has 0 unspecified atom stereocenters. The first kappa shape index (κ1) is 22.5. The van der Waals surface area contributed by atoms with Crippen molar-refractivity contribution < 1.29 is 14.4 Å². The highest BCUT2D eigenvalue weighted by atomic mass is 16.2. The van der Waals surface area contributed by atoms with Gasteiger partial charge in [0.05, 0.1) is 6.42 Å². The first-order valence-electron chi connectivity index (χ1n) is 11.0. The smallest absolute Gasteiger partial charge is 0.224 e. The van der Waals surface area contributed by atoms with E-state index in [1.807, 2.05) is 53.4 Å². The van der Waals surface area contributed by atoms with Crippen LogP contribution in [0.3, 0.4) is 0 Å². The molecule has 1 aliphatic rings. The van der Waals surface area contributed by atoms with Crippen LogP contribution in [0.15, 0.2) is 60.7 Å². The summed E-state index contributed by atoms with van der Waals surface area (Å²) in [5.74, 6) is 0.109. The zero-order valence-corrected chi connectivity index (χ0v) is 18.0. The summed E-state index contributed by atoms with van der Waals surface area (Å²) in [5.41, 5.74) is 2.21. The van der Waals surface area contributed by atoms with Crippen LogP contribution in [0, 0.1) is 0 Å². The Morgan fingerprint density at radius 1 is 0.710 bits per heavy atom. The highest BCUT2D eigenvalue weighted by Gasteiger charge is 2.23. The molecule has 1 aliphatic heterocycles. The molecule has 2 aromatic rings. The second-order valence-electron chi connectivity index (χ2n) is 7.86. The molecule has 0 atom stereocenters. The van der Waals surface area contributed by atoms with Crippen LogP contribution in [0.1, 0.15) is 30.4 Å². The number of nitrogens with zero attached hydrogens (tertiary/aromatic N) is 2. The maximum absolute atomic E-state index is 12.4. The summed E-state index contributed by atoms with van der Waals surface area (Å²) < 4.78 is 0. The summed E-state index contributed by atoms with van der Waals surface area (Å²) in [6.45, 7) is 2.61. The van der Waals surface area contributed by atoms with Crippen molar-refractivity contribution in [1.29, 1.82) is 0 Å². The van der Waals surface area contributed by atoms with Crippen LogP contribution in [0.2, 0.25) is 0 Å². The first-order chi connectivity index (χ1) is 15.1. The van der Waals surface area contributed by atoms with Gasteiger partial charge < -0.3 is 15.1 Å². The van der Waals surface area contributed by atoms with Crippen LogP contribution in [0.25, 0.3) is 0 Å². The van der Waals surface area contributed by atoms with Gasteiger partial charge in [-0.1, -0.05) is 60.7 Å². The van der Waals surface area contributed by atoms with Gasteiger partial charge in [-0.2, -0.15) is 0 Å². The number of amides is 3. The molecule has 0 radical (unpaired) electrons. The Hall–Kier alpha value is -3.15. The molecule has 31 heavy (non-hydrogen) atoms. The van der Waals surface area contributed by atoms with Crippen molar-refractivity contribution in [2.45, 2.75) is 32.1 Å². The average Bonchev–Trinajstić information content (AvgIpc) is 2.80. The number of carbonyl (C=O) groups is 3. The van der Waals surface area contributed by atoms with Gasteiger partial charge in [0.15, 0.2) is 0 Å². The maximum Gasteiger partial charge on any atom is 0.224 e. The van der Waals surface area contributed by atoms with E-state index in [0.29, 0.717) is 45.6 Å². The van der Waals surface area contributed by atoms with Gasteiger partial charge in [-0.3, -0.25) is 14.4 Å².